The molecular weight excluding hydrogens is 260 g/mol. The summed E-state index contributed by atoms with van der Waals surface area (Å²) in [6.45, 7) is 5.99. The maximum atomic E-state index is 4.69. The number of hydrogen-bond donors (Lipinski definition) is 1. The highest BCUT2D eigenvalue weighted by Crippen LogP contribution is 2.14. The Kier molecular flexibility index (Phi) is 3.86. The molecule has 0 saturated heterocycles. The average molecular weight is 280 g/mol. The molecule has 1 aromatic carbocycles. The van der Waals surface area contributed by atoms with E-state index >= 15 is 0 Å². The Labute approximate surface area is 124 Å². The van der Waals surface area contributed by atoms with E-state index in [1.807, 2.05) is 18.3 Å². The molecule has 0 aliphatic rings. The van der Waals surface area contributed by atoms with E-state index in [1.54, 1.807) is 0 Å². The molecule has 0 amide bonds. The smallest absolute Gasteiger partial charge is 0.159 e. The van der Waals surface area contributed by atoms with Crippen molar-refractivity contribution < 1.29 is 0 Å². The van der Waals surface area contributed by atoms with Gasteiger partial charge in [0.1, 0.15) is 11.3 Å². The standard InChI is InChI=1S/C17H20N4/c1-3-21-16(20-15-5-4-11-19-17(15)21)10-12-18-14-8-6-13(2)7-9-14/h4-9,11,18H,3,10,12H2,1-2H3. The summed E-state index contributed by atoms with van der Waals surface area (Å²) in [5.74, 6) is 1.09. The fraction of sp³-hybridized carbons (Fsp3) is 0.294. The number of imidazole rings is 1. The molecular formula is C17H20N4. The first-order valence-electron chi connectivity index (χ1n) is 7.38. The Bertz CT molecular complexity index is 728. The lowest BCUT2D eigenvalue weighted by Gasteiger charge is -2.08. The van der Waals surface area contributed by atoms with E-state index in [2.05, 4.69) is 58.0 Å². The molecule has 0 unspecified atom stereocenters. The molecule has 0 aliphatic heterocycles. The van der Waals surface area contributed by atoms with Crippen LogP contribution in [0.25, 0.3) is 11.2 Å². The molecule has 1 N–H and O–H groups in total. The van der Waals surface area contributed by atoms with Crippen LogP contribution in [-0.2, 0) is 13.0 Å². The molecule has 4 heteroatoms. The van der Waals surface area contributed by atoms with Crippen LogP contribution >= 0.6 is 0 Å². The molecule has 2 aromatic heterocycles. The Morgan fingerprint density at radius 3 is 2.71 bits per heavy atom. The second-order valence-corrected chi connectivity index (χ2v) is 5.16. The van der Waals surface area contributed by atoms with Gasteiger partial charge in [0.2, 0.25) is 0 Å². The summed E-state index contributed by atoms with van der Waals surface area (Å²) in [6, 6.07) is 12.4. The van der Waals surface area contributed by atoms with Crippen LogP contribution in [0.15, 0.2) is 42.6 Å². The van der Waals surface area contributed by atoms with Gasteiger partial charge in [-0.25, -0.2) is 9.97 Å². The highest BCUT2D eigenvalue weighted by Gasteiger charge is 2.09. The Morgan fingerprint density at radius 2 is 1.95 bits per heavy atom. The van der Waals surface area contributed by atoms with E-state index < -0.39 is 0 Å². The summed E-state index contributed by atoms with van der Waals surface area (Å²) in [4.78, 5) is 9.12. The van der Waals surface area contributed by atoms with Crippen LogP contribution in [0.2, 0.25) is 0 Å². The number of nitrogens with one attached hydrogen (secondary N) is 1. The van der Waals surface area contributed by atoms with Crippen molar-refractivity contribution in [2.75, 3.05) is 11.9 Å². The van der Waals surface area contributed by atoms with Gasteiger partial charge in [-0.05, 0) is 38.1 Å². The van der Waals surface area contributed by atoms with Gasteiger partial charge >= 0.3 is 0 Å². The summed E-state index contributed by atoms with van der Waals surface area (Å²) in [7, 11) is 0. The van der Waals surface area contributed by atoms with Gasteiger partial charge in [-0.2, -0.15) is 0 Å². The summed E-state index contributed by atoms with van der Waals surface area (Å²) in [6.07, 6.45) is 2.71. The van der Waals surface area contributed by atoms with Crippen molar-refractivity contribution in [2.24, 2.45) is 0 Å². The summed E-state index contributed by atoms with van der Waals surface area (Å²) in [5, 5.41) is 3.44. The van der Waals surface area contributed by atoms with E-state index in [9.17, 15) is 0 Å². The van der Waals surface area contributed by atoms with Crippen molar-refractivity contribution in [1.82, 2.24) is 14.5 Å². The number of fused-ring (bicyclic) bond motifs is 1. The topological polar surface area (TPSA) is 42.7 Å². The van der Waals surface area contributed by atoms with Gasteiger partial charge in [-0.3, -0.25) is 0 Å². The molecule has 3 rings (SSSR count). The van der Waals surface area contributed by atoms with Crippen LogP contribution in [0.5, 0.6) is 0 Å². The van der Waals surface area contributed by atoms with Crippen LogP contribution in [-0.4, -0.2) is 21.1 Å². The summed E-state index contributed by atoms with van der Waals surface area (Å²) < 4.78 is 2.19. The van der Waals surface area contributed by atoms with E-state index in [-0.39, 0.29) is 0 Å². The predicted octanol–water partition coefficient (Wildman–Crippen LogP) is 3.41. The van der Waals surface area contributed by atoms with Crippen molar-refractivity contribution in [2.45, 2.75) is 26.8 Å². The highest BCUT2D eigenvalue weighted by atomic mass is 15.1. The van der Waals surface area contributed by atoms with Gasteiger partial charge in [0.15, 0.2) is 5.65 Å². The molecule has 0 bridgehead atoms. The van der Waals surface area contributed by atoms with Crippen molar-refractivity contribution >= 4 is 16.9 Å². The third kappa shape index (κ3) is 2.89. The number of aromatic nitrogens is 3. The van der Waals surface area contributed by atoms with E-state index in [1.165, 1.54) is 5.56 Å². The maximum Gasteiger partial charge on any atom is 0.159 e. The fourth-order valence-corrected chi connectivity index (χ4v) is 2.52. The van der Waals surface area contributed by atoms with Gasteiger partial charge in [0, 0.05) is 31.4 Å². The zero-order chi connectivity index (χ0) is 14.7. The maximum absolute atomic E-state index is 4.69. The minimum atomic E-state index is 0.867. The first-order valence-corrected chi connectivity index (χ1v) is 7.38. The minimum absolute atomic E-state index is 0.867. The second kappa shape index (κ2) is 5.95. The van der Waals surface area contributed by atoms with E-state index in [4.69, 9.17) is 0 Å². The lowest BCUT2D eigenvalue weighted by atomic mass is 10.2. The summed E-state index contributed by atoms with van der Waals surface area (Å²) >= 11 is 0. The molecule has 108 valence electrons. The van der Waals surface area contributed by atoms with Crippen LogP contribution in [0.3, 0.4) is 0 Å². The SMILES string of the molecule is CCn1c(CCNc2ccc(C)cc2)nc2cccnc21. The van der Waals surface area contributed by atoms with Crippen molar-refractivity contribution in [3.05, 3.63) is 54.0 Å². The van der Waals surface area contributed by atoms with Crippen LogP contribution in [0, 0.1) is 6.92 Å². The van der Waals surface area contributed by atoms with Gasteiger partial charge in [0.25, 0.3) is 0 Å². The van der Waals surface area contributed by atoms with Gasteiger partial charge in [-0.1, -0.05) is 17.7 Å². The predicted molar refractivity (Wildman–Crippen MR) is 86.6 cm³/mol. The Balaban J connectivity index is 1.71. The molecule has 0 atom stereocenters. The number of rotatable bonds is 5. The molecule has 0 spiro atoms. The number of aryl methyl sites for hydroxylation is 2. The van der Waals surface area contributed by atoms with Crippen LogP contribution < -0.4 is 5.32 Å². The Hall–Kier alpha value is -2.36. The fourth-order valence-electron chi connectivity index (χ4n) is 2.52. The number of pyridine rings is 1. The molecule has 4 nitrogen and oxygen atoms in total. The lowest BCUT2D eigenvalue weighted by molar-refractivity contribution is 0.711. The van der Waals surface area contributed by atoms with Crippen molar-refractivity contribution in [3.8, 4) is 0 Å². The van der Waals surface area contributed by atoms with Gasteiger partial charge in [-0.15, -0.1) is 0 Å². The quantitative estimate of drug-likeness (QED) is 0.778. The highest BCUT2D eigenvalue weighted by molar-refractivity contribution is 5.71. The van der Waals surface area contributed by atoms with E-state index in [0.717, 1.165) is 42.2 Å². The Morgan fingerprint density at radius 1 is 1.14 bits per heavy atom. The average Bonchev–Trinajstić information content (AvgIpc) is 2.86. The third-order valence-electron chi connectivity index (χ3n) is 3.63. The zero-order valence-corrected chi connectivity index (χ0v) is 12.5. The third-order valence-corrected chi connectivity index (χ3v) is 3.63. The van der Waals surface area contributed by atoms with Crippen molar-refractivity contribution in [1.29, 1.82) is 0 Å². The van der Waals surface area contributed by atoms with Crippen LogP contribution in [0.4, 0.5) is 5.69 Å². The van der Waals surface area contributed by atoms with Gasteiger partial charge < -0.3 is 9.88 Å². The van der Waals surface area contributed by atoms with Gasteiger partial charge in [0.05, 0.1) is 0 Å². The molecule has 2 heterocycles. The van der Waals surface area contributed by atoms with Crippen molar-refractivity contribution in [3.63, 3.8) is 0 Å². The summed E-state index contributed by atoms with van der Waals surface area (Å²) in [5.41, 5.74) is 4.38. The molecule has 21 heavy (non-hydrogen) atoms. The van der Waals surface area contributed by atoms with E-state index in [0.29, 0.717) is 0 Å². The number of anilines is 1. The molecule has 0 fully saturated rings. The number of benzene rings is 1. The lowest BCUT2D eigenvalue weighted by Crippen LogP contribution is -2.10. The first-order chi connectivity index (χ1) is 10.3. The molecule has 0 saturated carbocycles. The minimum Gasteiger partial charge on any atom is -0.385 e. The first kappa shape index (κ1) is 13.6. The second-order valence-electron chi connectivity index (χ2n) is 5.16. The largest absolute Gasteiger partial charge is 0.385 e. The van der Waals surface area contributed by atoms with Crippen LogP contribution in [0.1, 0.15) is 18.3 Å². The zero-order valence-electron chi connectivity index (χ0n) is 12.5. The normalized spacial score (nSPS) is 11.0. The molecule has 0 aliphatic carbocycles. The molecule has 0 radical (unpaired) electrons. The monoisotopic (exact) mass is 280 g/mol. The number of nitrogens with zero attached hydrogens (tertiary/aromatic N) is 3. The molecule has 3 aromatic rings. The number of hydrogen-bond acceptors (Lipinski definition) is 3.